The maximum atomic E-state index is 4.70. The summed E-state index contributed by atoms with van der Waals surface area (Å²) < 4.78 is 0. The van der Waals surface area contributed by atoms with Gasteiger partial charge < -0.3 is 0 Å². The van der Waals surface area contributed by atoms with Crippen molar-refractivity contribution in [3.05, 3.63) is 243 Å². The minimum atomic E-state index is 0.928. The molecule has 0 heterocycles. The Kier molecular flexibility index (Phi) is 8.76. The summed E-state index contributed by atoms with van der Waals surface area (Å²) in [5, 5.41) is 23.1. The zero-order chi connectivity index (χ0) is 43.9. The third-order valence-electron chi connectivity index (χ3n) is 14.4. The number of fused-ring (bicyclic) bond motifs is 5. The molecule has 0 radical (unpaired) electrons. The summed E-state index contributed by atoms with van der Waals surface area (Å²) in [6.45, 7) is 8.72. The first-order valence-electron chi connectivity index (χ1n) is 23.1. The van der Waals surface area contributed by atoms with Crippen LogP contribution in [0.5, 0.6) is 0 Å². The summed E-state index contributed by atoms with van der Waals surface area (Å²) in [5.41, 5.74) is 9.32. The average Bonchev–Trinajstić information content (AvgIpc) is 3.37. The lowest BCUT2D eigenvalue weighted by Crippen LogP contribution is -1.92. The molecule has 0 atom stereocenters. The lowest BCUT2D eigenvalue weighted by atomic mass is 9.86. The first-order chi connectivity index (χ1) is 32.6. The number of rotatable bonds is 6. The predicted octanol–water partition coefficient (Wildman–Crippen LogP) is 18.9. The molecule has 0 spiro atoms. The molecule has 0 heteroatoms. The molecule has 0 fully saturated rings. The van der Waals surface area contributed by atoms with Gasteiger partial charge in [-0.15, -0.1) is 0 Å². The van der Waals surface area contributed by atoms with Crippen molar-refractivity contribution in [3.8, 4) is 22.3 Å². The van der Waals surface area contributed by atoms with Crippen molar-refractivity contribution in [3.63, 3.8) is 0 Å². The van der Waals surface area contributed by atoms with Crippen LogP contribution in [-0.2, 0) is 0 Å². The second kappa shape index (κ2) is 15.2. The maximum absolute atomic E-state index is 4.70. The Bertz CT molecular complexity index is 4090. The number of hydrogen-bond donors (Lipinski definition) is 0. The van der Waals surface area contributed by atoms with E-state index in [0.717, 1.165) is 34.9 Å². The first-order valence-corrected chi connectivity index (χ1v) is 23.1. The topological polar surface area (TPSA) is 0 Å². The van der Waals surface area contributed by atoms with Gasteiger partial charge in [0.15, 0.2) is 0 Å². The van der Waals surface area contributed by atoms with Crippen molar-refractivity contribution in [2.45, 2.75) is 12.8 Å². The molecule has 0 bridgehead atoms. The molecular weight excluding hydrogens is 793 g/mol. The van der Waals surface area contributed by atoms with Gasteiger partial charge in [0, 0.05) is 0 Å². The fourth-order valence-electron chi connectivity index (χ4n) is 11.5. The zero-order valence-corrected chi connectivity index (χ0v) is 36.6. The van der Waals surface area contributed by atoms with Crippen LogP contribution in [0.3, 0.4) is 0 Å². The molecular formula is C66H44. The summed E-state index contributed by atoms with van der Waals surface area (Å²) >= 11 is 0. The average molecular weight is 837 g/mol. The molecule has 66 heavy (non-hydrogen) atoms. The van der Waals surface area contributed by atoms with Crippen molar-refractivity contribution < 1.29 is 0 Å². The van der Waals surface area contributed by atoms with E-state index in [4.69, 9.17) is 6.58 Å². The highest BCUT2D eigenvalue weighted by Crippen LogP contribution is 2.46. The Morgan fingerprint density at radius 1 is 0.409 bits per heavy atom. The highest BCUT2D eigenvalue weighted by Gasteiger charge is 2.18. The summed E-state index contributed by atoms with van der Waals surface area (Å²) in [6.07, 6.45) is 14.7. The van der Waals surface area contributed by atoms with Gasteiger partial charge in [0.1, 0.15) is 0 Å². The molecule has 13 rings (SSSR count). The van der Waals surface area contributed by atoms with Gasteiger partial charge in [0.25, 0.3) is 0 Å². The van der Waals surface area contributed by atoms with Gasteiger partial charge in [-0.2, -0.15) is 0 Å². The minimum absolute atomic E-state index is 0.928. The zero-order valence-electron chi connectivity index (χ0n) is 36.6. The Morgan fingerprint density at radius 2 is 0.879 bits per heavy atom. The van der Waals surface area contributed by atoms with Gasteiger partial charge in [0.2, 0.25) is 0 Å². The standard InChI is InChI=1S/C66H44/c1-3-4-15-41(2)47-23-8-18-43(49-36-38-60-56-26-11-21-44-19-9-24-54(63(44)56)58-30-13-28-52(49)65(58)60)32-34-48(42-16-6-5-7-17-42)51-35-33-46(40-62(47)51)50-37-39-61-57-27-12-22-45-20-10-25-55(64(45)57)59-31-14-29-53(50)66(59)61/h3-6,8-16,18-40H,1-2,7,17H2/b15-4-,18-8?,23-8?,34-32?,43-18?,43-32?,47-23?,48-34?,51-48?,62-47?. The highest BCUT2D eigenvalue weighted by molar-refractivity contribution is 6.35. The number of benzene rings is 11. The lowest BCUT2D eigenvalue weighted by molar-refractivity contribution is 1.06. The third kappa shape index (κ3) is 5.78. The van der Waals surface area contributed by atoms with Crippen molar-refractivity contribution in [2.24, 2.45) is 0 Å². The highest BCUT2D eigenvalue weighted by atomic mass is 14.2. The van der Waals surface area contributed by atoms with Crippen LogP contribution in [0.2, 0.25) is 0 Å². The Labute approximate surface area is 384 Å². The van der Waals surface area contributed by atoms with Crippen molar-refractivity contribution in [1.82, 2.24) is 0 Å². The summed E-state index contributed by atoms with van der Waals surface area (Å²) in [6, 6.07) is 68.5. The molecule has 0 amide bonds. The second-order valence-corrected chi connectivity index (χ2v) is 17.9. The lowest BCUT2D eigenvalue weighted by Gasteiger charge is -2.18. The normalized spacial score (nSPS) is 13.1. The molecule has 0 nitrogen and oxygen atoms in total. The van der Waals surface area contributed by atoms with E-state index in [-0.39, 0.29) is 0 Å². The molecule has 0 saturated heterocycles. The molecule has 12 aromatic rings. The van der Waals surface area contributed by atoms with Crippen LogP contribution in [-0.4, -0.2) is 0 Å². The molecule has 0 N–H and O–H groups in total. The SMILES string of the molecule is C=C/C=C\C(=C)c1cccc(-c2ccc3c4cccc5cccc(c6cccc2c63)c54)ccc(C2=CC=CCC2)c2ccc(-c3ccc4c5cccc6cccc(c7cccc3c74)c65)cc12. The summed E-state index contributed by atoms with van der Waals surface area (Å²) in [7, 11) is 0. The summed E-state index contributed by atoms with van der Waals surface area (Å²) in [4.78, 5) is 0. The molecule has 12 aromatic carbocycles. The Hall–Kier alpha value is -8.32. The van der Waals surface area contributed by atoms with E-state index in [0.29, 0.717) is 0 Å². The molecule has 0 aromatic heterocycles. The van der Waals surface area contributed by atoms with Gasteiger partial charge in [-0.1, -0.05) is 226 Å². The van der Waals surface area contributed by atoms with Crippen molar-refractivity contribution in [1.29, 1.82) is 0 Å². The van der Waals surface area contributed by atoms with E-state index in [1.165, 1.54) is 119 Å². The second-order valence-electron chi connectivity index (χ2n) is 17.9. The maximum Gasteiger partial charge on any atom is -0.00201 e. The monoisotopic (exact) mass is 836 g/mol. The van der Waals surface area contributed by atoms with Gasteiger partial charge in [-0.25, -0.2) is 0 Å². The smallest absolute Gasteiger partial charge is 0.00201 e. The van der Waals surface area contributed by atoms with Crippen LogP contribution in [0.4, 0.5) is 0 Å². The van der Waals surface area contributed by atoms with Gasteiger partial charge in [0.05, 0.1) is 0 Å². The van der Waals surface area contributed by atoms with E-state index in [1.807, 2.05) is 12.2 Å². The van der Waals surface area contributed by atoms with Crippen LogP contribution in [0.25, 0.3) is 130 Å². The van der Waals surface area contributed by atoms with Crippen LogP contribution in [0, 0.1) is 0 Å². The van der Waals surface area contributed by atoms with Crippen LogP contribution in [0.1, 0.15) is 24.0 Å². The quantitative estimate of drug-likeness (QED) is 0.0889. The van der Waals surface area contributed by atoms with Gasteiger partial charge in [-0.3, -0.25) is 0 Å². The largest absolute Gasteiger partial charge is 0.0991 e. The van der Waals surface area contributed by atoms with E-state index >= 15 is 0 Å². The van der Waals surface area contributed by atoms with Crippen molar-refractivity contribution >= 4 is 108 Å². The first kappa shape index (κ1) is 38.2. The molecule has 0 saturated carbocycles. The van der Waals surface area contributed by atoms with E-state index in [9.17, 15) is 0 Å². The molecule has 0 aliphatic heterocycles. The van der Waals surface area contributed by atoms with E-state index in [2.05, 4.69) is 213 Å². The van der Waals surface area contributed by atoms with Gasteiger partial charge >= 0.3 is 0 Å². The molecule has 308 valence electrons. The predicted molar refractivity (Wildman–Crippen MR) is 290 cm³/mol. The minimum Gasteiger partial charge on any atom is -0.0991 e. The van der Waals surface area contributed by atoms with E-state index < -0.39 is 0 Å². The third-order valence-corrected chi connectivity index (χ3v) is 14.4. The molecule has 1 aliphatic carbocycles. The Morgan fingerprint density at radius 3 is 1.44 bits per heavy atom. The van der Waals surface area contributed by atoms with Crippen LogP contribution in [0.15, 0.2) is 232 Å². The van der Waals surface area contributed by atoms with Gasteiger partial charge in [-0.05, 0) is 160 Å². The van der Waals surface area contributed by atoms with Crippen LogP contribution >= 0.6 is 0 Å². The molecule has 0 unspecified atom stereocenters. The molecule has 1 aliphatic rings. The number of allylic oxidation sites excluding steroid dienone is 8. The summed E-state index contributed by atoms with van der Waals surface area (Å²) in [5.74, 6) is 0. The fourth-order valence-corrected chi connectivity index (χ4v) is 11.5. The fraction of sp³-hybridized carbons (Fsp3) is 0.0303. The van der Waals surface area contributed by atoms with Crippen LogP contribution < -0.4 is 0 Å². The number of hydrogen-bond acceptors (Lipinski definition) is 0. The van der Waals surface area contributed by atoms with Crippen molar-refractivity contribution in [2.75, 3.05) is 0 Å². The Balaban J connectivity index is 1.08. The van der Waals surface area contributed by atoms with E-state index in [1.54, 1.807) is 0 Å².